The standard InChI is InChI=1S/C32H46N4O4/c1-4-6-8-13-23-14-11-16-27(29(23)33-5-2)30(32(37)38)36-21-25(22-36)40-19-10-7-9-15-24-20-28(39-3)26-17-12-18-34-31(26)35-24/h8,11,13-14,16,20,25,30,33H,4-7,9-10,12,15,17-19,21-22H2,1-3H3,(H,34,35)(H,37,38)/b13-8-. The molecule has 1 fully saturated rings. The zero-order valence-corrected chi connectivity index (χ0v) is 24.4. The molecule has 2 aromatic rings. The molecular weight excluding hydrogens is 504 g/mol. The number of hydrogen-bond acceptors (Lipinski definition) is 7. The summed E-state index contributed by atoms with van der Waals surface area (Å²) in [6.45, 7) is 7.84. The number of allylic oxidation sites excluding steroid dienone is 1. The number of carboxylic acid groups (broad SMARTS) is 1. The van der Waals surface area contributed by atoms with E-state index in [-0.39, 0.29) is 6.10 Å². The molecule has 1 aromatic carbocycles. The fraction of sp³-hybridized carbons (Fsp3) is 0.562. The summed E-state index contributed by atoms with van der Waals surface area (Å²) in [4.78, 5) is 19.2. The summed E-state index contributed by atoms with van der Waals surface area (Å²) in [5.41, 5.74) is 5.03. The molecule has 0 radical (unpaired) electrons. The molecule has 2 aliphatic heterocycles. The van der Waals surface area contributed by atoms with E-state index in [1.807, 2.05) is 30.0 Å². The summed E-state index contributed by atoms with van der Waals surface area (Å²) in [5.74, 6) is 1.10. The van der Waals surface area contributed by atoms with Crippen molar-refractivity contribution in [3.63, 3.8) is 0 Å². The van der Waals surface area contributed by atoms with Crippen LogP contribution in [0.25, 0.3) is 6.08 Å². The third kappa shape index (κ3) is 7.55. The number of aryl methyl sites for hydroxylation is 1. The number of aliphatic carboxylic acids is 1. The molecule has 8 nitrogen and oxygen atoms in total. The van der Waals surface area contributed by atoms with Crippen LogP contribution in [-0.2, 0) is 22.4 Å². The topological polar surface area (TPSA) is 96.0 Å². The zero-order valence-electron chi connectivity index (χ0n) is 24.4. The van der Waals surface area contributed by atoms with Crippen LogP contribution in [0.4, 0.5) is 11.5 Å². The van der Waals surface area contributed by atoms with E-state index in [2.05, 4.69) is 35.8 Å². The number of anilines is 2. The van der Waals surface area contributed by atoms with E-state index < -0.39 is 12.0 Å². The Morgan fingerprint density at radius 1 is 1.27 bits per heavy atom. The second kappa shape index (κ2) is 15.1. The van der Waals surface area contributed by atoms with Crippen molar-refractivity contribution in [2.75, 3.05) is 50.5 Å². The van der Waals surface area contributed by atoms with Gasteiger partial charge < -0.3 is 25.2 Å². The van der Waals surface area contributed by atoms with Gasteiger partial charge in [-0.05, 0) is 51.0 Å². The second-order valence-corrected chi connectivity index (χ2v) is 10.7. The van der Waals surface area contributed by atoms with Crippen LogP contribution in [0.15, 0.2) is 30.3 Å². The number of carbonyl (C=O) groups is 1. The number of benzene rings is 1. The predicted octanol–water partition coefficient (Wildman–Crippen LogP) is 5.93. The van der Waals surface area contributed by atoms with Gasteiger partial charge in [0, 0.05) is 61.4 Å². The SMILES string of the molecule is CCC/C=C\c1cccc(C(C(=O)O)N2CC(OCCCCCc3cc(OC)c4c(n3)NCCC4)C2)c1NCC. The van der Waals surface area contributed by atoms with Crippen molar-refractivity contribution < 1.29 is 19.4 Å². The second-order valence-electron chi connectivity index (χ2n) is 10.7. The molecule has 0 bridgehead atoms. The van der Waals surface area contributed by atoms with E-state index in [9.17, 15) is 9.90 Å². The lowest BCUT2D eigenvalue weighted by Gasteiger charge is -2.43. The van der Waals surface area contributed by atoms with Crippen LogP contribution in [0, 0.1) is 0 Å². The number of pyridine rings is 1. The number of methoxy groups -OCH3 is 1. The van der Waals surface area contributed by atoms with Crippen molar-refractivity contribution >= 4 is 23.6 Å². The van der Waals surface area contributed by atoms with Crippen molar-refractivity contribution in [1.29, 1.82) is 0 Å². The molecule has 0 amide bonds. The molecule has 3 heterocycles. The third-order valence-corrected chi connectivity index (χ3v) is 7.69. The Morgan fingerprint density at radius 3 is 2.88 bits per heavy atom. The number of nitrogens with one attached hydrogen (secondary N) is 2. The Labute approximate surface area is 239 Å². The number of hydrogen-bond donors (Lipinski definition) is 3. The molecule has 8 heteroatoms. The molecule has 4 rings (SSSR count). The largest absolute Gasteiger partial charge is 0.496 e. The third-order valence-electron chi connectivity index (χ3n) is 7.69. The minimum atomic E-state index is -0.824. The van der Waals surface area contributed by atoms with Crippen LogP contribution >= 0.6 is 0 Å². The molecule has 0 saturated carbocycles. The molecule has 0 spiro atoms. The van der Waals surface area contributed by atoms with Crippen LogP contribution in [0.5, 0.6) is 5.75 Å². The van der Waals surface area contributed by atoms with E-state index in [4.69, 9.17) is 14.5 Å². The van der Waals surface area contributed by atoms with Crippen LogP contribution in [0.3, 0.4) is 0 Å². The molecule has 1 saturated heterocycles. The fourth-order valence-corrected chi connectivity index (χ4v) is 5.59. The highest BCUT2D eigenvalue weighted by Gasteiger charge is 2.38. The number of fused-ring (bicyclic) bond motifs is 1. The molecule has 1 unspecified atom stereocenters. The van der Waals surface area contributed by atoms with Gasteiger partial charge in [0.15, 0.2) is 0 Å². The molecule has 3 N–H and O–H groups in total. The number of carboxylic acids is 1. The highest BCUT2D eigenvalue weighted by molar-refractivity contribution is 5.81. The summed E-state index contributed by atoms with van der Waals surface area (Å²) in [6, 6.07) is 7.33. The molecule has 218 valence electrons. The highest BCUT2D eigenvalue weighted by atomic mass is 16.5. The number of ether oxygens (including phenoxy) is 2. The Balaban J connectivity index is 1.23. The van der Waals surface area contributed by atoms with Gasteiger partial charge in [-0.25, -0.2) is 4.98 Å². The molecule has 2 aliphatic rings. The van der Waals surface area contributed by atoms with Crippen LogP contribution in [-0.4, -0.2) is 67.0 Å². The first-order valence-electron chi connectivity index (χ1n) is 15.0. The molecule has 40 heavy (non-hydrogen) atoms. The Bertz CT molecular complexity index is 1130. The lowest BCUT2D eigenvalue weighted by atomic mass is 9.95. The summed E-state index contributed by atoms with van der Waals surface area (Å²) < 4.78 is 11.7. The predicted molar refractivity (Wildman–Crippen MR) is 161 cm³/mol. The van der Waals surface area contributed by atoms with Gasteiger partial charge in [-0.15, -0.1) is 0 Å². The number of rotatable bonds is 16. The average Bonchev–Trinajstić information content (AvgIpc) is 2.93. The Hall–Kier alpha value is -3.10. The molecular formula is C32H46N4O4. The van der Waals surface area contributed by atoms with E-state index in [0.29, 0.717) is 19.7 Å². The summed E-state index contributed by atoms with van der Waals surface area (Å²) in [5, 5.41) is 17.0. The highest BCUT2D eigenvalue weighted by Crippen LogP contribution is 2.35. The van der Waals surface area contributed by atoms with Crippen LogP contribution in [0.2, 0.25) is 0 Å². The van der Waals surface area contributed by atoms with Crippen LogP contribution in [0.1, 0.15) is 80.8 Å². The van der Waals surface area contributed by atoms with Gasteiger partial charge in [-0.3, -0.25) is 9.69 Å². The van der Waals surface area contributed by atoms with E-state index in [0.717, 1.165) is 98.5 Å². The molecule has 1 atom stereocenters. The number of aromatic nitrogens is 1. The van der Waals surface area contributed by atoms with Crippen molar-refractivity contribution in [2.45, 2.75) is 77.4 Å². The van der Waals surface area contributed by atoms with E-state index in [1.165, 1.54) is 5.56 Å². The quantitative estimate of drug-likeness (QED) is 0.221. The summed E-state index contributed by atoms with van der Waals surface area (Å²) >= 11 is 0. The monoisotopic (exact) mass is 550 g/mol. The van der Waals surface area contributed by atoms with Crippen molar-refractivity contribution in [3.05, 3.63) is 52.7 Å². The normalized spacial score (nSPS) is 16.3. The van der Waals surface area contributed by atoms with Gasteiger partial charge in [0.2, 0.25) is 0 Å². The number of para-hydroxylation sites is 1. The lowest BCUT2D eigenvalue weighted by molar-refractivity contribution is -0.150. The summed E-state index contributed by atoms with van der Waals surface area (Å²) in [7, 11) is 1.73. The summed E-state index contributed by atoms with van der Waals surface area (Å²) in [6.07, 6.45) is 12.6. The van der Waals surface area contributed by atoms with Gasteiger partial charge in [-0.2, -0.15) is 0 Å². The van der Waals surface area contributed by atoms with Gasteiger partial charge in [0.1, 0.15) is 17.6 Å². The molecule has 1 aromatic heterocycles. The Morgan fingerprint density at radius 2 is 2.12 bits per heavy atom. The van der Waals surface area contributed by atoms with Crippen molar-refractivity contribution in [3.8, 4) is 5.75 Å². The maximum atomic E-state index is 12.4. The van der Waals surface area contributed by atoms with Gasteiger partial charge in [0.05, 0.1) is 13.2 Å². The van der Waals surface area contributed by atoms with Crippen LogP contribution < -0.4 is 15.4 Å². The van der Waals surface area contributed by atoms with E-state index in [1.54, 1.807) is 7.11 Å². The number of nitrogens with zero attached hydrogens (tertiary/aromatic N) is 2. The first-order valence-corrected chi connectivity index (χ1v) is 15.0. The first-order chi connectivity index (χ1) is 19.5. The lowest BCUT2D eigenvalue weighted by Crippen LogP contribution is -2.55. The Kier molecular flexibility index (Phi) is 11.2. The van der Waals surface area contributed by atoms with Gasteiger partial charge >= 0.3 is 5.97 Å². The minimum absolute atomic E-state index is 0.0784. The van der Waals surface area contributed by atoms with Crippen molar-refractivity contribution in [2.24, 2.45) is 0 Å². The first kappa shape index (κ1) is 29.9. The molecule has 0 aliphatic carbocycles. The van der Waals surface area contributed by atoms with E-state index >= 15 is 0 Å². The number of unbranched alkanes of at least 4 members (excludes halogenated alkanes) is 3. The minimum Gasteiger partial charge on any atom is -0.496 e. The van der Waals surface area contributed by atoms with Crippen molar-refractivity contribution in [1.82, 2.24) is 9.88 Å². The van der Waals surface area contributed by atoms with Gasteiger partial charge in [-0.1, -0.05) is 50.1 Å². The average molecular weight is 551 g/mol. The zero-order chi connectivity index (χ0) is 28.3. The van der Waals surface area contributed by atoms with Gasteiger partial charge in [0.25, 0.3) is 0 Å². The maximum absolute atomic E-state index is 12.4. The maximum Gasteiger partial charge on any atom is 0.325 e. The smallest absolute Gasteiger partial charge is 0.325 e. The number of likely N-dealkylation sites (tertiary alicyclic amines) is 1. The fourth-order valence-electron chi connectivity index (χ4n) is 5.59.